The number of fused-ring (bicyclic) bond motifs is 2. The molecule has 1 saturated carbocycles. The van der Waals surface area contributed by atoms with Crippen LogP contribution in [0.25, 0.3) is 0 Å². The third kappa shape index (κ3) is 5.20. The lowest BCUT2D eigenvalue weighted by Gasteiger charge is -2.49. The van der Waals surface area contributed by atoms with Crippen molar-refractivity contribution >= 4 is 5.97 Å². The summed E-state index contributed by atoms with van der Waals surface area (Å²) in [4.78, 5) is 13.8. The number of ether oxygens (including phenoxy) is 4. The van der Waals surface area contributed by atoms with Crippen LogP contribution in [0.5, 0.6) is 0 Å². The van der Waals surface area contributed by atoms with Crippen LogP contribution in [0.1, 0.15) is 72.6 Å². The molecular formula is C31H44O7. The summed E-state index contributed by atoms with van der Waals surface area (Å²) in [6.07, 6.45) is 10.1. The molecular weight excluding hydrogens is 484 g/mol. The number of hydrogen-bond acceptors (Lipinski definition) is 7. The number of allylic oxidation sites excluding steroid dienone is 4. The van der Waals surface area contributed by atoms with E-state index in [0.717, 1.165) is 25.7 Å². The van der Waals surface area contributed by atoms with Crippen LogP contribution in [-0.2, 0) is 23.7 Å². The number of rotatable bonds is 0. The molecule has 2 bridgehead atoms. The molecule has 5 aliphatic rings. The zero-order valence-corrected chi connectivity index (χ0v) is 23.2. The summed E-state index contributed by atoms with van der Waals surface area (Å²) in [6, 6.07) is 0. The fourth-order valence-corrected chi connectivity index (χ4v) is 6.95. The zero-order valence-electron chi connectivity index (χ0n) is 23.2. The highest BCUT2D eigenvalue weighted by atomic mass is 16.7. The number of aliphatic hydroxyl groups excluding tert-OH is 1. The van der Waals surface area contributed by atoms with E-state index in [-0.39, 0.29) is 31.2 Å². The second-order valence-corrected chi connectivity index (χ2v) is 12.4. The van der Waals surface area contributed by atoms with Crippen molar-refractivity contribution in [3.8, 4) is 0 Å². The van der Waals surface area contributed by atoms with Crippen LogP contribution < -0.4 is 0 Å². The molecule has 210 valence electrons. The molecule has 3 saturated heterocycles. The molecule has 0 unspecified atom stereocenters. The Hall–Kier alpha value is -1.77. The van der Waals surface area contributed by atoms with Gasteiger partial charge in [0.2, 0.25) is 0 Å². The first-order chi connectivity index (χ1) is 18.0. The minimum Gasteiger partial charge on any atom is -0.462 e. The van der Waals surface area contributed by atoms with Gasteiger partial charge in [-0.1, -0.05) is 50.3 Å². The van der Waals surface area contributed by atoms with Crippen molar-refractivity contribution in [3.05, 3.63) is 47.6 Å². The van der Waals surface area contributed by atoms with Gasteiger partial charge in [0.15, 0.2) is 5.79 Å². The molecule has 4 fully saturated rings. The first kappa shape index (κ1) is 27.8. The number of carbonyl (C=O) groups is 1. The first-order valence-electron chi connectivity index (χ1n) is 14.3. The quantitative estimate of drug-likeness (QED) is 0.352. The lowest BCUT2D eigenvalue weighted by Crippen LogP contribution is -2.59. The third-order valence-corrected chi connectivity index (χ3v) is 9.38. The topological polar surface area (TPSA) is 94.5 Å². The third-order valence-electron chi connectivity index (χ3n) is 9.38. The van der Waals surface area contributed by atoms with E-state index in [1.165, 1.54) is 5.57 Å². The van der Waals surface area contributed by atoms with Crippen molar-refractivity contribution in [1.82, 2.24) is 0 Å². The van der Waals surface area contributed by atoms with E-state index in [0.29, 0.717) is 29.9 Å². The summed E-state index contributed by atoms with van der Waals surface area (Å²) >= 11 is 0. The number of carbonyl (C=O) groups excluding carboxylic acids is 1. The van der Waals surface area contributed by atoms with Crippen LogP contribution in [-0.4, -0.2) is 64.7 Å². The molecule has 0 aromatic heterocycles. The SMILES string of the molecule is C=C1C[C@H]2C(=O)O[C@H]3C[C@@H](C/C=C(\C)C[C@@H](C)/C=C/C=C4\CO[C@H]([C@@H]1O)[C@@]42O)O[C@@]1(CC[C@H](C)[C@@H](C)O1)C3. The van der Waals surface area contributed by atoms with Gasteiger partial charge in [-0.25, -0.2) is 0 Å². The summed E-state index contributed by atoms with van der Waals surface area (Å²) in [5, 5.41) is 22.8. The maximum absolute atomic E-state index is 13.8. The zero-order chi connectivity index (χ0) is 27.2. The number of hydrogen-bond donors (Lipinski definition) is 2. The molecule has 2 N–H and O–H groups in total. The van der Waals surface area contributed by atoms with Gasteiger partial charge in [0.25, 0.3) is 0 Å². The highest BCUT2D eigenvalue weighted by molar-refractivity contribution is 5.76. The molecule has 38 heavy (non-hydrogen) atoms. The molecule has 1 aliphatic carbocycles. The fraction of sp³-hybridized carbons (Fsp3) is 0.710. The molecule has 4 aliphatic heterocycles. The molecule has 0 radical (unpaired) electrons. The minimum atomic E-state index is -1.66. The van der Waals surface area contributed by atoms with E-state index in [1.807, 2.05) is 12.2 Å². The average Bonchev–Trinajstić information content (AvgIpc) is 3.19. The highest BCUT2D eigenvalue weighted by Gasteiger charge is 2.61. The van der Waals surface area contributed by atoms with Gasteiger partial charge >= 0.3 is 5.97 Å². The standard InChI is InChI=1S/C31H44O7/c1-18-7-6-8-23-17-35-28-27(32)21(4)14-26(31(23,28)34)29(33)36-25-15-24(10-9-19(2)13-18)38-30(16-25)12-11-20(3)22(5)37-30/h6-9,18,20,22,24-28,32,34H,4,10-17H2,1-3,5H3/b7-6+,19-9+,23-8+/t18-,20-,22+,24+,25-,26-,27+,28+,30-,31+/m0/s1. The van der Waals surface area contributed by atoms with Gasteiger partial charge < -0.3 is 29.2 Å². The Morgan fingerprint density at radius 3 is 2.68 bits per heavy atom. The molecule has 0 aromatic carbocycles. The monoisotopic (exact) mass is 528 g/mol. The van der Waals surface area contributed by atoms with Crippen molar-refractivity contribution in [2.75, 3.05) is 6.61 Å². The Kier molecular flexibility index (Phi) is 7.79. The summed E-state index contributed by atoms with van der Waals surface area (Å²) in [5.74, 6) is -1.46. The van der Waals surface area contributed by atoms with Crippen LogP contribution in [0.2, 0.25) is 0 Å². The van der Waals surface area contributed by atoms with Gasteiger partial charge in [-0.05, 0) is 62.5 Å². The molecule has 5 rings (SSSR count). The maximum Gasteiger partial charge on any atom is 0.312 e. The van der Waals surface area contributed by atoms with E-state index in [2.05, 4.69) is 46.4 Å². The van der Waals surface area contributed by atoms with E-state index in [9.17, 15) is 15.0 Å². The molecule has 0 aromatic rings. The van der Waals surface area contributed by atoms with Crippen LogP contribution in [0.3, 0.4) is 0 Å². The van der Waals surface area contributed by atoms with Gasteiger partial charge in [0.05, 0.1) is 24.7 Å². The van der Waals surface area contributed by atoms with Crippen LogP contribution in [0.15, 0.2) is 47.6 Å². The molecule has 4 heterocycles. The van der Waals surface area contributed by atoms with E-state index in [1.54, 1.807) is 0 Å². The van der Waals surface area contributed by atoms with Crippen LogP contribution in [0.4, 0.5) is 0 Å². The van der Waals surface area contributed by atoms with Crippen molar-refractivity contribution in [2.45, 2.75) is 115 Å². The fourth-order valence-electron chi connectivity index (χ4n) is 6.95. The lowest BCUT2D eigenvalue weighted by molar-refractivity contribution is -0.332. The second-order valence-electron chi connectivity index (χ2n) is 12.4. The van der Waals surface area contributed by atoms with Gasteiger partial charge in [0.1, 0.15) is 23.9 Å². The molecule has 0 amide bonds. The highest BCUT2D eigenvalue weighted by Crippen LogP contribution is 2.48. The smallest absolute Gasteiger partial charge is 0.312 e. The van der Waals surface area contributed by atoms with Gasteiger partial charge in [-0.2, -0.15) is 0 Å². The minimum absolute atomic E-state index is 0.0505. The van der Waals surface area contributed by atoms with Crippen molar-refractivity contribution in [2.24, 2.45) is 17.8 Å². The van der Waals surface area contributed by atoms with E-state index < -0.39 is 41.6 Å². The summed E-state index contributed by atoms with van der Waals surface area (Å²) in [5.41, 5.74) is 0.675. The largest absolute Gasteiger partial charge is 0.462 e. The normalized spacial score (nSPS) is 49.8. The van der Waals surface area contributed by atoms with Crippen LogP contribution >= 0.6 is 0 Å². The van der Waals surface area contributed by atoms with Gasteiger partial charge in [-0.15, -0.1) is 0 Å². The van der Waals surface area contributed by atoms with E-state index >= 15 is 0 Å². The summed E-state index contributed by atoms with van der Waals surface area (Å²) in [7, 11) is 0. The maximum atomic E-state index is 13.8. The Morgan fingerprint density at radius 2 is 1.92 bits per heavy atom. The van der Waals surface area contributed by atoms with E-state index in [4.69, 9.17) is 18.9 Å². The number of aliphatic hydroxyl groups is 2. The Morgan fingerprint density at radius 1 is 1.13 bits per heavy atom. The summed E-state index contributed by atoms with van der Waals surface area (Å²) in [6.45, 7) is 12.7. The molecule has 7 heteroatoms. The van der Waals surface area contributed by atoms with Crippen LogP contribution in [0, 0.1) is 17.8 Å². The molecule has 7 nitrogen and oxygen atoms in total. The lowest BCUT2D eigenvalue weighted by atomic mass is 9.68. The predicted octanol–water partition coefficient (Wildman–Crippen LogP) is 4.53. The van der Waals surface area contributed by atoms with Crippen molar-refractivity contribution in [3.63, 3.8) is 0 Å². The molecule has 1 spiro atoms. The molecule has 10 atom stereocenters. The predicted molar refractivity (Wildman–Crippen MR) is 143 cm³/mol. The first-order valence-corrected chi connectivity index (χ1v) is 14.3. The van der Waals surface area contributed by atoms with Crippen molar-refractivity contribution in [1.29, 1.82) is 0 Å². The Balaban J connectivity index is 1.50. The Bertz CT molecular complexity index is 1030. The second kappa shape index (κ2) is 10.7. The van der Waals surface area contributed by atoms with Gasteiger partial charge in [0, 0.05) is 19.3 Å². The number of esters is 1. The average molecular weight is 529 g/mol. The Labute approximate surface area is 226 Å². The summed E-state index contributed by atoms with van der Waals surface area (Å²) < 4.78 is 25.2. The van der Waals surface area contributed by atoms with Gasteiger partial charge in [-0.3, -0.25) is 4.79 Å². The van der Waals surface area contributed by atoms with Crippen molar-refractivity contribution < 1.29 is 34.0 Å².